The van der Waals surface area contributed by atoms with Gasteiger partial charge in [-0.3, -0.25) is 9.59 Å². The van der Waals surface area contributed by atoms with Gasteiger partial charge in [0.2, 0.25) is 0 Å². The average molecular weight is 389 g/mol. The van der Waals surface area contributed by atoms with Crippen LogP contribution in [0.1, 0.15) is 46.9 Å². The van der Waals surface area contributed by atoms with Gasteiger partial charge in [-0.05, 0) is 56.9 Å². The molecule has 0 radical (unpaired) electrons. The Labute approximate surface area is 172 Å². The molecule has 1 aromatic heterocycles. The molecule has 0 atom stereocenters. The molecule has 1 amide bonds. The van der Waals surface area contributed by atoms with Gasteiger partial charge in [0.1, 0.15) is 11.5 Å². The van der Waals surface area contributed by atoms with E-state index >= 15 is 0 Å². The van der Waals surface area contributed by atoms with Crippen molar-refractivity contribution in [1.82, 2.24) is 9.47 Å². The Morgan fingerprint density at radius 2 is 1.62 bits per heavy atom. The molecule has 4 heteroatoms. The quantitative estimate of drug-likeness (QED) is 0.660. The molecule has 150 valence electrons. The summed E-state index contributed by atoms with van der Waals surface area (Å²) in [7, 11) is 1.96. The summed E-state index contributed by atoms with van der Waals surface area (Å²) in [5.41, 5.74) is 4.63. The van der Waals surface area contributed by atoms with Crippen molar-refractivity contribution in [2.24, 2.45) is 7.05 Å². The fraction of sp³-hybridized carbons (Fsp3) is 0.360. The van der Waals surface area contributed by atoms with Gasteiger partial charge in [-0.25, -0.2) is 0 Å². The fourth-order valence-corrected chi connectivity index (χ4v) is 4.89. The topological polar surface area (TPSA) is 42.3 Å². The Bertz CT molecular complexity index is 1090. The summed E-state index contributed by atoms with van der Waals surface area (Å²) in [6, 6.07) is 16.3. The van der Waals surface area contributed by atoms with Crippen LogP contribution in [-0.2, 0) is 17.3 Å². The fourth-order valence-electron chi connectivity index (χ4n) is 4.89. The van der Waals surface area contributed by atoms with Crippen molar-refractivity contribution in [2.75, 3.05) is 13.1 Å². The Hall–Kier alpha value is -2.88. The first-order valence-corrected chi connectivity index (χ1v) is 10.3. The minimum Gasteiger partial charge on any atom is -0.339 e. The van der Waals surface area contributed by atoms with Crippen LogP contribution in [0, 0.1) is 13.8 Å². The molecular weight excluding hydrogens is 360 g/mol. The van der Waals surface area contributed by atoms with Crippen LogP contribution in [0.4, 0.5) is 0 Å². The highest BCUT2D eigenvalue weighted by Gasteiger charge is 2.41. The average Bonchev–Trinajstić information content (AvgIpc) is 2.97. The number of likely N-dealkylation sites (tertiary alicyclic amines) is 1. The minimum atomic E-state index is -0.483. The summed E-state index contributed by atoms with van der Waals surface area (Å²) in [4.78, 5) is 28.0. The second kappa shape index (κ2) is 7.18. The van der Waals surface area contributed by atoms with Crippen molar-refractivity contribution in [3.63, 3.8) is 0 Å². The lowest BCUT2D eigenvalue weighted by Gasteiger charge is -2.40. The summed E-state index contributed by atoms with van der Waals surface area (Å²) in [5, 5.41) is 1.13. The highest BCUT2D eigenvalue weighted by atomic mass is 16.2. The van der Waals surface area contributed by atoms with Gasteiger partial charge in [0.25, 0.3) is 5.91 Å². The molecule has 0 saturated carbocycles. The zero-order valence-corrected chi connectivity index (χ0v) is 17.7. The molecule has 1 fully saturated rings. The van der Waals surface area contributed by atoms with Gasteiger partial charge in [0, 0.05) is 31.0 Å². The monoisotopic (exact) mass is 388 g/mol. The van der Waals surface area contributed by atoms with Crippen LogP contribution in [0.3, 0.4) is 0 Å². The predicted molar refractivity (Wildman–Crippen MR) is 116 cm³/mol. The van der Waals surface area contributed by atoms with Crippen LogP contribution in [0.5, 0.6) is 0 Å². The van der Waals surface area contributed by atoms with E-state index in [-0.39, 0.29) is 11.7 Å². The number of nitrogens with zero attached hydrogens (tertiary/aromatic N) is 2. The zero-order valence-electron chi connectivity index (χ0n) is 17.7. The summed E-state index contributed by atoms with van der Waals surface area (Å²) in [5.74, 6) is 0.246. The normalized spacial score (nSPS) is 16.2. The van der Waals surface area contributed by atoms with Gasteiger partial charge in [-0.15, -0.1) is 0 Å². The third-order valence-electron chi connectivity index (χ3n) is 6.72. The Kier molecular flexibility index (Phi) is 4.81. The zero-order chi connectivity index (χ0) is 20.8. The number of Topliss-reactive ketones (excluding diaryl/α,β-unsaturated/α-hetero) is 1. The van der Waals surface area contributed by atoms with E-state index in [9.17, 15) is 9.59 Å². The van der Waals surface area contributed by atoms with Crippen LogP contribution in [0.2, 0.25) is 0 Å². The molecule has 0 spiro atoms. The summed E-state index contributed by atoms with van der Waals surface area (Å²) >= 11 is 0. The Balaban J connectivity index is 1.63. The number of aryl methyl sites for hydroxylation is 3. The first-order chi connectivity index (χ1) is 13.8. The number of carbonyl (C=O) groups is 2. The van der Waals surface area contributed by atoms with E-state index in [1.54, 1.807) is 6.92 Å². The molecule has 1 aliphatic rings. The van der Waals surface area contributed by atoms with E-state index in [4.69, 9.17) is 0 Å². The third-order valence-corrected chi connectivity index (χ3v) is 6.72. The van der Waals surface area contributed by atoms with Crippen LogP contribution in [0.15, 0.2) is 48.5 Å². The van der Waals surface area contributed by atoms with Gasteiger partial charge in [-0.1, -0.05) is 42.0 Å². The molecule has 2 heterocycles. The van der Waals surface area contributed by atoms with Crippen molar-refractivity contribution >= 4 is 22.6 Å². The number of benzene rings is 2. The lowest BCUT2D eigenvalue weighted by molar-refractivity contribution is -0.124. The Morgan fingerprint density at radius 3 is 2.24 bits per heavy atom. The van der Waals surface area contributed by atoms with Crippen molar-refractivity contribution in [1.29, 1.82) is 0 Å². The number of hydrogen-bond donors (Lipinski definition) is 0. The molecule has 0 aliphatic carbocycles. The molecule has 29 heavy (non-hydrogen) atoms. The smallest absolute Gasteiger partial charge is 0.270 e. The maximum atomic E-state index is 13.4. The van der Waals surface area contributed by atoms with E-state index in [2.05, 4.69) is 25.1 Å². The predicted octanol–water partition coefficient (Wildman–Crippen LogP) is 4.56. The van der Waals surface area contributed by atoms with Crippen molar-refractivity contribution < 1.29 is 9.59 Å². The second-order valence-corrected chi connectivity index (χ2v) is 8.35. The number of fused-ring (bicyclic) bond motifs is 1. The molecule has 1 aliphatic heterocycles. The lowest BCUT2D eigenvalue weighted by Crippen LogP contribution is -2.48. The van der Waals surface area contributed by atoms with E-state index in [1.807, 2.05) is 53.8 Å². The van der Waals surface area contributed by atoms with Crippen LogP contribution < -0.4 is 0 Å². The van der Waals surface area contributed by atoms with Crippen LogP contribution in [-0.4, -0.2) is 34.2 Å². The number of rotatable bonds is 3. The number of hydrogen-bond acceptors (Lipinski definition) is 2. The standard InChI is InChI=1S/C25H28N2O2/c1-17-10-11-22-21(16-17)18(2)23(26(22)4)24(29)27-14-12-25(13-15-27,19(3)28)20-8-6-5-7-9-20/h5-11,16H,12-15H2,1-4H3. The van der Waals surface area contributed by atoms with E-state index in [1.165, 1.54) is 5.56 Å². The van der Waals surface area contributed by atoms with Gasteiger partial charge in [0.05, 0.1) is 5.41 Å². The molecule has 1 saturated heterocycles. The molecule has 4 rings (SSSR count). The number of ketones is 1. The number of piperidine rings is 1. The van der Waals surface area contributed by atoms with E-state index in [0.29, 0.717) is 25.9 Å². The summed E-state index contributed by atoms with van der Waals surface area (Å²) < 4.78 is 2.01. The third kappa shape index (κ3) is 3.07. The molecule has 0 bridgehead atoms. The maximum Gasteiger partial charge on any atom is 0.270 e. The second-order valence-electron chi connectivity index (χ2n) is 8.35. The minimum absolute atomic E-state index is 0.0593. The Morgan fingerprint density at radius 1 is 0.966 bits per heavy atom. The first-order valence-electron chi connectivity index (χ1n) is 10.3. The van der Waals surface area contributed by atoms with Gasteiger partial charge in [-0.2, -0.15) is 0 Å². The maximum absolute atomic E-state index is 13.4. The van der Waals surface area contributed by atoms with Crippen LogP contribution in [0.25, 0.3) is 10.9 Å². The highest BCUT2D eigenvalue weighted by molar-refractivity contribution is 6.02. The number of aromatic nitrogens is 1. The SMILES string of the molecule is CC(=O)C1(c2ccccc2)CCN(C(=O)c2c(C)c3cc(C)ccc3n2C)CC1. The van der Waals surface area contributed by atoms with E-state index in [0.717, 1.165) is 27.7 Å². The number of carbonyl (C=O) groups excluding carboxylic acids is 2. The summed E-state index contributed by atoms with van der Waals surface area (Å²) in [6.07, 6.45) is 1.33. The first kappa shape index (κ1) is 19.4. The highest BCUT2D eigenvalue weighted by Crippen LogP contribution is 2.37. The molecule has 0 unspecified atom stereocenters. The molecule has 0 N–H and O–H groups in total. The molecule has 3 aromatic rings. The van der Waals surface area contributed by atoms with Gasteiger partial charge < -0.3 is 9.47 Å². The largest absolute Gasteiger partial charge is 0.339 e. The molecule has 4 nitrogen and oxygen atoms in total. The molecule has 2 aromatic carbocycles. The van der Waals surface area contributed by atoms with Crippen molar-refractivity contribution in [3.05, 3.63) is 70.9 Å². The van der Waals surface area contributed by atoms with Crippen molar-refractivity contribution in [3.8, 4) is 0 Å². The summed E-state index contributed by atoms with van der Waals surface area (Å²) in [6.45, 7) is 6.97. The van der Waals surface area contributed by atoms with Crippen molar-refractivity contribution in [2.45, 2.75) is 39.0 Å². The van der Waals surface area contributed by atoms with E-state index < -0.39 is 5.41 Å². The number of amides is 1. The van der Waals surface area contributed by atoms with Gasteiger partial charge >= 0.3 is 0 Å². The lowest BCUT2D eigenvalue weighted by atomic mass is 9.70. The van der Waals surface area contributed by atoms with Crippen LogP contribution >= 0.6 is 0 Å². The molecular formula is C25H28N2O2. The van der Waals surface area contributed by atoms with Gasteiger partial charge in [0.15, 0.2) is 0 Å².